The molecule has 1 N–H and O–H groups in total. The number of H-pyrrole nitrogens is 1. The van der Waals surface area contributed by atoms with Gasteiger partial charge in [-0.05, 0) is 18.6 Å². The van der Waals surface area contributed by atoms with E-state index >= 15 is 0 Å². The van der Waals surface area contributed by atoms with E-state index in [1.54, 1.807) is 6.20 Å². The summed E-state index contributed by atoms with van der Waals surface area (Å²) < 4.78 is 0. The minimum absolute atomic E-state index is 0.734. The van der Waals surface area contributed by atoms with Crippen molar-refractivity contribution in [1.82, 2.24) is 20.2 Å². The molecule has 2 aromatic heterocycles. The molecule has 2 rings (SSSR count). The predicted molar refractivity (Wildman–Crippen MR) is 48.2 cm³/mol. The summed E-state index contributed by atoms with van der Waals surface area (Å²) in [6.07, 6.45) is 4.32. The van der Waals surface area contributed by atoms with Gasteiger partial charge in [-0.25, -0.2) is 4.98 Å². The molecule has 0 spiro atoms. The standard InChI is InChI=1S/C9H10N4/c1-7-11-9(13-12-7)5-8-3-2-4-10-6-8/h2-4,6H,5H2,1H3,(H,11,12,13). The van der Waals surface area contributed by atoms with E-state index in [1.165, 1.54) is 0 Å². The van der Waals surface area contributed by atoms with Crippen molar-refractivity contribution >= 4 is 0 Å². The van der Waals surface area contributed by atoms with Crippen LogP contribution in [-0.4, -0.2) is 20.2 Å². The van der Waals surface area contributed by atoms with Crippen LogP contribution in [0.15, 0.2) is 24.5 Å². The van der Waals surface area contributed by atoms with E-state index in [1.807, 2.05) is 25.3 Å². The van der Waals surface area contributed by atoms with Gasteiger partial charge in [-0.3, -0.25) is 10.1 Å². The molecular formula is C9H10N4. The maximum atomic E-state index is 4.21. The first-order chi connectivity index (χ1) is 6.34. The maximum absolute atomic E-state index is 4.21. The fraction of sp³-hybridized carbons (Fsp3) is 0.222. The summed E-state index contributed by atoms with van der Waals surface area (Å²) in [4.78, 5) is 8.23. The molecule has 0 aromatic carbocycles. The summed E-state index contributed by atoms with van der Waals surface area (Å²) in [5, 5.41) is 6.85. The van der Waals surface area contributed by atoms with Crippen LogP contribution in [0.3, 0.4) is 0 Å². The van der Waals surface area contributed by atoms with Gasteiger partial charge in [-0.1, -0.05) is 6.07 Å². The molecule has 0 aliphatic rings. The topological polar surface area (TPSA) is 54.5 Å². The molecule has 0 radical (unpaired) electrons. The zero-order valence-corrected chi connectivity index (χ0v) is 7.36. The molecule has 2 aromatic rings. The fourth-order valence-electron chi connectivity index (χ4n) is 1.15. The van der Waals surface area contributed by atoms with Crippen molar-refractivity contribution in [2.24, 2.45) is 0 Å². The Balaban J connectivity index is 2.15. The third-order valence-electron chi connectivity index (χ3n) is 1.73. The summed E-state index contributed by atoms with van der Waals surface area (Å²) >= 11 is 0. The lowest BCUT2D eigenvalue weighted by Crippen LogP contribution is -1.91. The quantitative estimate of drug-likeness (QED) is 0.741. The Kier molecular flexibility index (Phi) is 2.04. The van der Waals surface area contributed by atoms with Gasteiger partial charge in [0.15, 0.2) is 5.82 Å². The average molecular weight is 174 g/mol. The average Bonchev–Trinajstić information content (AvgIpc) is 2.53. The van der Waals surface area contributed by atoms with Gasteiger partial charge in [0, 0.05) is 18.8 Å². The smallest absolute Gasteiger partial charge is 0.155 e. The lowest BCUT2D eigenvalue weighted by Gasteiger charge is -1.93. The summed E-state index contributed by atoms with van der Waals surface area (Å²) in [5.41, 5.74) is 1.13. The first-order valence-electron chi connectivity index (χ1n) is 4.11. The van der Waals surface area contributed by atoms with Crippen molar-refractivity contribution in [3.05, 3.63) is 41.7 Å². The van der Waals surface area contributed by atoms with Crippen LogP contribution in [0.1, 0.15) is 17.2 Å². The van der Waals surface area contributed by atoms with Crippen molar-refractivity contribution in [2.75, 3.05) is 0 Å². The molecule has 0 saturated heterocycles. The second-order valence-corrected chi connectivity index (χ2v) is 2.88. The maximum Gasteiger partial charge on any atom is 0.155 e. The zero-order valence-electron chi connectivity index (χ0n) is 7.36. The van der Waals surface area contributed by atoms with Gasteiger partial charge in [0.25, 0.3) is 0 Å². The number of pyridine rings is 1. The number of nitrogens with one attached hydrogen (secondary N) is 1. The Morgan fingerprint density at radius 3 is 3.00 bits per heavy atom. The van der Waals surface area contributed by atoms with E-state index in [0.717, 1.165) is 23.6 Å². The van der Waals surface area contributed by atoms with E-state index < -0.39 is 0 Å². The normalized spacial score (nSPS) is 10.2. The van der Waals surface area contributed by atoms with Crippen molar-refractivity contribution in [1.29, 1.82) is 0 Å². The second kappa shape index (κ2) is 3.35. The lowest BCUT2D eigenvalue weighted by atomic mass is 10.2. The Hall–Kier alpha value is -1.71. The molecule has 66 valence electrons. The molecular weight excluding hydrogens is 164 g/mol. The zero-order chi connectivity index (χ0) is 9.10. The minimum Gasteiger partial charge on any atom is -0.264 e. The summed E-state index contributed by atoms with van der Waals surface area (Å²) in [6.45, 7) is 1.89. The molecule has 2 heterocycles. The molecule has 0 amide bonds. The highest BCUT2D eigenvalue weighted by Crippen LogP contribution is 2.02. The minimum atomic E-state index is 0.734. The van der Waals surface area contributed by atoms with Gasteiger partial charge in [-0.15, -0.1) is 0 Å². The molecule has 0 bridgehead atoms. The number of nitrogens with zero attached hydrogens (tertiary/aromatic N) is 3. The molecule has 0 atom stereocenters. The largest absolute Gasteiger partial charge is 0.264 e. The highest BCUT2D eigenvalue weighted by molar-refractivity contribution is 5.13. The third kappa shape index (κ3) is 1.90. The summed E-state index contributed by atoms with van der Waals surface area (Å²) in [7, 11) is 0. The molecule has 4 nitrogen and oxygen atoms in total. The van der Waals surface area contributed by atoms with Crippen molar-refractivity contribution in [3.8, 4) is 0 Å². The monoisotopic (exact) mass is 174 g/mol. The number of hydrogen-bond acceptors (Lipinski definition) is 3. The molecule has 0 unspecified atom stereocenters. The number of aromatic amines is 1. The van der Waals surface area contributed by atoms with E-state index in [4.69, 9.17) is 0 Å². The van der Waals surface area contributed by atoms with Crippen LogP contribution < -0.4 is 0 Å². The Morgan fingerprint density at radius 1 is 1.46 bits per heavy atom. The second-order valence-electron chi connectivity index (χ2n) is 2.88. The van der Waals surface area contributed by atoms with Crippen LogP contribution >= 0.6 is 0 Å². The van der Waals surface area contributed by atoms with Crippen LogP contribution in [0.2, 0.25) is 0 Å². The fourth-order valence-corrected chi connectivity index (χ4v) is 1.15. The van der Waals surface area contributed by atoms with Gasteiger partial charge in [-0.2, -0.15) is 5.10 Å². The van der Waals surface area contributed by atoms with E-state index in [-0.39, 0.29) is 0 Å². The predicted octanol–water partition coefficient (Wildman–Crippen LogP) is 1.10. The van der Waals surface area contributed by atoms with Crippen molar-refractivity contribution in [3.63, 3.8) is 0 Å². The van der Waals surface area contributed by atoms with Crippen LogP contribution in [0, 0.1) is 6.92 Å². The Labute approximate surface area is 76.1 Å². The number of hydrogen-bond donors (Lipinski definition) is 1. The van der Waals surface area contributed by atoms with Crippen molar-refractivity contribution < 1.29 is 0 Å². The molecule has 0 saturated carbocycles. The van der Waals surface area contributed by atoms with E-state index in [0.29, 0.717) is 0 Å². The number of rotatable bonds is 2. The van der Waals surface area contributed by atoms with Crippen LogP contribution in [0.25, 0.3) is 0 Å². The first-order valence-corrected chi connectivity index (χ1v) is 4.11. The Bertz CT molecular complexity index is 380. The van der Waals surface area contributed by atoms with Gasteiger partial charge < -0.3 is 0 Å². The first kappa shape index (κ1) is 7.91. The molecule has 13 heavy (non-hydrogen) atoms. The highest BCUT2D eigenvalue weighted by atomic mass is 15.2. The van der Waals surface area contributed by atoms with Gasteiger partial charge >= 0.3 is 0 Å². The van der Waals surface area contributed by atoms with E-state index in [2.05, 4.69) is 20.2 Å². The lowest BCUT2D eigenvalue weighted by molar-refractivity contribution is 0.964. The van der Waals surface area contributed by atoms with Crippen LogP contribution in [0.5, 0.6) is 0 Å². The van der Waals surface area contributed by atoms with Crippen LogP contribution in [0.4, 0.5) is 0 Å². The van der Waals surface area contributed by atoms with E-state index in [9.17, 15) is 0 Å². The van der Waals surface area contributed by atoms with Crippen molar-refractivity contribution in [2.45, 2.75) is 13.3 Å². The molecule has 4 heteroatoms. The van der Waals surface area contributed by atoms with Gasteiger partial charge in [0.1, 0.15) is 5.82 Å². The number of aromatic nitrogens is 4. The van der Waals surface area contributed by atoms with Gasteiger partial charge in [0.05, 0.1) is 0 Å². The molecule has 0 aliphatic heterocycles. The number of aryl methyl sites for hydroxylation is 1. The SMILES string of the molecule is Cc1nc(Cc2cccnc2)n[nH]1. The van der Waals surface area contributed by atoms with Crippen LogP contribution in [-0.2, 0) is 6.42 Å². The Morgan fingerprint density at radius 2 is 2.38 bits per heavy atom. The third-order valence-corrected chi connectivity index (χ3v) is 1.73. The summed E-state index contributed by atoms with van der Waals surface area (Å²) in [6, 6.07) is 3.92. The van der Waals surface area contributed by atoms with Gasteiger partial charge in [0.2, 0.25) is 0 Å². The molecule has 0 fully saturated rings. The molecule has 0 aliphatic carbocycles. The summed E-state index contributed by atoms with van der Waals surface area (Å²) in [5.74, 6) is 1.66. The highest BCUT2D eigenvalue weighted by Gasteiger charge is 2.00.